The molecule has 1 aliphatic carbocycles. The first kappa shape index (κ1) is 23.1. The van der Waals surface area contributed by atoms with E-state index in [9.17, 15) is 4.79 Å². The van der Waals surface area contributed by atoms with Crippen LogP contribution in [-0.2, 0) is 29.2 Å². The fraction of sp³-hybridized carbons (Fsp3) is 0.444. The van der Waals surface area contributed by atoms with Crippen molar-refractivity contribution in [1.82, 2.24) is 25.4 Å². The molecule has 2 aliphatic heterocycles. The molecule has 0 spiro atoms. The maximum atomic E-state index is 13.2. The molecule has 4 bridgehead atoms. The molecule has 2 fully saturated rings. The molecule has 188 valence electrons. The van der Waals surface area contributed by atoms with Crippen molar-refractivity contribution in [2.45, 2.75) is 57.6 Å². The van der Waals surface area contributed by atoms with Gasteiger partial charge in [0.25, 0.3) is 0 Å². The number of rotatable bonds is 3. The second kappa shape index (κ2) is 10.0. The van der Waals surface area contributed by atoms with Crippen LogP contribution in [0.2, 0.25) is 0 Å². The second-order valence-electron chi connectivity index (χ2n) is 10.0. The first-order chi connectivity index (χ1) is 17.6. The predicted molar refractivity (Wildman–Crippen MR) is 131 cm³/mol. The van der Waals surface area contributed by atoms with Crippen LogP contribution in [0.4, 0.5) is 0 Å². The Balaban J connectivity index is 1.25. The monoisotopic (exact) mass is 489 g/mol. The van der Waals surface area contributed by atoms with Crippen LogP contribution in [0.15, 0.2) is 53.2 Å². The van der Waals surface area contributed by atoms with Crippen LogP contribution in [0.25, 0.3) is 0 Å². The summed E-state index contributed by atoms with van der Waals surface area (Å²) in [6.45, 7) is 5.37. The van der Waals surface area contributed by atoms with Crippen molar-refractivity contribution in [3.63, 3.8) is 0 Å². The van der Waals surface area contributed by atoms with E-state index in [4.69, 9.17) is 14.1 Å². The number of fused-ring (bicyclic) bond motifs is 5. The highest BCUT2D eigenvalue weighted by Crippen LogP contribution is 2.30. The Morgan fingerprint density at radius 2 is 1.78 bits per heavy atom. The lowest BCUT2D eigenvalue weighted by molar-refractivity contribution is -0.124. The fourth-order valence-corrected chi connectivity index (χ4v) is 5.06. The molecular weight excluding hydrogens is 458 g/mol. The third kappa shape index (κ3) is 5.43. The number of benzene rings is 2. The van der Waals surface area contributed by atoms with E-state index in [0.717, 1.165) is 46.9 Å². The number of aryl methyl sites for hydroxylation is 1. The molecule has 9 heteroatoms. The van der Waals surface area contributed by atoms with Crippen LogP contribution in [0.5, 0.6) is 11.5 Å². The Morgan fingerprint density at radius 3 is 2.53 bits per heavy atom. The molecule has 36 heavy (non-hydrogen) atoms. The van der Waals surface area contributed by atoms with E-state index in [1.54, 1.807) is 0 Å². The van der Waals surface area contributed by atoms with E-state index in [2.05, 4.69) is 37.6 Å². The second-order valence-corrected chi connectivity index (χ2v) is 10.0. The van der Waals surface area contributed by atoms with Gasteiger partial charge in [-0.25, -0.2) is 4.63 Å². The number of ether oxygens (including phenoxy) is 2. The van der Waals surface area contributed by atoms with E-state index < -0.39 is 0 Å². The number of hydrogen-bond acceptors (Lipinski definition) is 8. The van der Waals surface area contributed by atoms with Gasteiger partial charge in [-0.3, -0.25) is 14.6 Å². The summed E-state index contributed by atoms with van der Waals surface area (Å²) in [5.74, 6) is 1.61. The standard InChI is InChI=1S/C27H31N5O4/c1-18-24(30-36-29-18)13-31-14-25-26(15-31)34-17-20-5-3-7-23(11-20)35-22-6-2-4-19(10-22)12-32(21-8-9-21)16-27(33)28-25/h2-7,10-11,21,25-26H,8-9,12-17H2,1H3,(H,28,33)/t25-,26-/m0/s1. The van der Waals surface area contributed by atoms with E-state index in [1.165, 1.54) is 0 Å². The van der Waals surface area contributed by atoms with Crippen molar-refractivity contribution in [3.8, 4) is 11.5 Å². The fourth-order valence-electron chi connectivity index (χ4n) is 5.06. The Kier molecular flexibility index (Phi) is 6.43. The molecule has 0 unspecified atom stereocenters. The summed E-state index contributed by atoms with van der Waals surface area (Å²) < 4.78 is 17.4. The van der Waals surface area contributed by atoms with Crippen LogP contribution in [0, 0.1) is 6.92 Å². The molecule has 1 N–H and O–H groups in total. The Bertz CT molecular complexity index is 1230. The number of carbonyl (C=O) groups is 1. The number of likely N-dealkylation sites (tertiary alicyclic amines) is 1. The van der Waals surface area contributed by atoms with Crippen LogP contribution < -0.4 is 10.1 Å². The van der Waals surface area contributed by atoms with Crippen LogP contribution in [0.1, 0.15) is 35.4 Å². The lowest BCUT2D eigenvalue weighted by atomic mass is 10.1. The highest BCUT2D eigenvalue weighted by Gasteiger charge is 2.37. The first-order valence-corrected chi connectivity index (χ1v) is 12.6. The Morgan fingerprint density at radius 1 is 1.00 bits per heavy atom. The Hall–Kier alpha value is -3.27. The third-order valence-electron chi connectivity index (χ3n) is 7.10. The third-order valence-corrected chi connectivity index (χ3v) is 7.10. The summed E-state index contributed by atoms with van der Waals surface area (Å²) >= 11 is 0. The largest absolute Gasteiger partial charge is 0.457 e. The molecule has 0 radical (unpaired) electrons. The molecule has 2 aromatic carbocycles. The molecule has 1 saturated carbocycles. The molecule has 3 aliphatic rings. The van der Waals surface area contributed by atoms with Gasteiger partial charge < -0.3 is 14.8 Å². The van der Waals surface area contributed by atoms with Crippen molar-refractivity contribution >= 4 is 5.91 Å². The van der Waals surface area contributed by atoms with E-state index in [0.29, 0.717) is 45.4 Å². The van der Waals surface area contributed by atoms with Crippen molar-refractivity contribution in [2.75, 3.05) is 19.6 Å². The summed E-state index contributed by atoms with van der Waals surface area (Å²) in [6.07, 6.45) is 2.11. The van der Waals surface area contributed by atoms with Crippen LogP contribution in [0.3, 0.4) is 0 Å². The van der Waals surface area contributed by atoms with E-state index >= 15 is 0 Å². The number of carbonyl (C=O) groups excluding carboxylic acids is 1. The minimum atomic E-state index is -0.145. The van der Waals surface area contributed by atoms with Crippen molar-refractivity contribution in [3.05, 3.63) is 71.0 Å². The SMILES string of the molecule is Cc1nonc1CN1C[C@@H]2NC(=O)CN(C3CC3)Cc3cccc(c3)Oc3cccc(c3)CO[C@H]2C1. The number of nitrogens with zero attached hydrogens (tertiary/aromatic N) is 4. The van der Waals surface area contributed by atoms with Gasteiger partial charge in [0.05, 0.1) is 25.3 Å². The predicted octanol–water partition coefficient (Wildman–Crippen LogP) is 3.03. The molecule has 1 saturated heterocycles. The smallest absolute Gasteiger partial charge is 0.234 e. The topological polar surface area (TPSA) is 93.0 Å². The number of aromatic nitrogens is 2. The van der Waals surface area contributed by atoms with Gasteiger partial charge >= 0.3 is 0 Å². The molecule has 9 nitrogen and oxygen atoms in total. The van der Waals surface area contributed by atoms with Gasteiger partial charge in [-0.1, -0.05) is 34.6 Å². The maximum Gasteiger partial charge on any atom is 0.234 e. The maximum absolute atomic E-state index is 13.2. The minimum Gasteiger partial charge on any atom is -0.457 e. The molecule has 1 aromatic heterocycles. The van der Waals surface area contributed by atoms with E-state index in [-0.39, 0.29) is 18.1 Å². The minimum absolute atomic E-state index is 0.0307. The van der Waals surface area contributed by atoms with Crippen molar-refractivity contribution in [1.29, 1.82) is 0 Å². The molecule has 3 heterocycles. The summed E-state index contributed by atoms with van der Waals surface area (Å²) in [6, 6.07) is 16.5. The average molecular weight is 490 g/mol. The zero-order chi connectivity index (χ0) is 24.5. The van der Waals surface area contributed by atoms with Crippen molar-refractivity contribution in [2.24, 2.45) is 0 Å². The van der Waals surface area contributed by atoms with E-state index in [1.807, 2.05) is 43.3 Å². The summed E-state index contributed by atoms with van der Waals surface area (Å²) in [5, 5.41) is 11.2. The molecule has 6 rings (SSSR count). The lowest BCUT2D eigenvalue weighted by Crippen LogP contribution is -2.48. The van der Waals surface area contributed by atoms with Gasteiger partial charge in [0.2, 0.25) is 5.91 Å². The van der Waals surface area contributed by atoms with Gasteiger partial charge in [-0.05, 0) is 55.2 Å². The lowest BCUT2D eigenvalue weighted by Gasteiger charge is -2.25. The van der Waals surface area contributed by atoms with Crippen LogP contribution in [-0.4, -0.2) is 63.8 Å². The Labute approximate surface area is 210 Å². The zero-order valence-corrected chi connectivity index (χ0v) is 20.4. The molecule has 1 amide bonds. The molecule has 2 atom stereocenters. The summed E-state index contributed by atoms with van der Waals surface area (Å²) in [7, 11) is 0. The van der Waals surface area contributed by atoms with Gasteiger partial charge in [0, 0.05) is 32.2 Å². The first-order valence-electron chi connectivity index (χ1n) is 12.6. The van der Waals surface area contributed by atoms with Gasteiger partial charge in [-0.2, -0.15) is 0 Å². The van der Waals surface area contributed by atoms with Crippen LogP contribution >= 0.6 is 0 Å². The number of hydrogen-bond donors (Lipinski definition) is 1. The molecule has 3 aromatic rings. The van der Waals surface area contributed by atoms with Crippen molar-refractivity contribution < 1.29 is 18.9 Å². The molecular formula is C27H31N5O4. The zero-order valence-electron chi connectivity index (χ0n) is 20.4. The number of amides is 1. The summed E-state index contributed by atoms with van der Waals surface area (Å²) in [5.41, 5.74) is 3.76. The normalized spacial score (nSPS) is 23.6. The van der Waals surface area contributed by atoms with Gasteiger partial charge in [0.1, 0.15) is 22.9 Å². The van der Waals surface area contributed by atoms with Gasteiger partial charge in [-0.15, -0.1) is 0 Å². The average Bonchev–Trinajstić information content (AvgIpc) is 3.54. The highest BCUT2D eigenvalue weighted by atomic mass is 16.6. The highest BCUT2D eigenvalue weighted by molar-refractivity contribution is 5.78. The quantitative estimate of drug-likeness (QED) is 0.600. The summed E-state index contributed by atoms with van der Waals surface area (Å²) in [4.78, 5) is 17.7. The van der Waals surface area contributed by atoms with Gasteiger partial charge in [0.15, 0.2) is 0 Å². The number of nitrogens with one attached hydrogen (secondary N) is 1.